The highest BCUT2D eigenvalue weighted by Gasteiger charge is 2.59. The molecule has 628 valence electrons. The van der Waals surface area contributed by atoms with Gasteiger partial charge in [-0.25, -0.2) is 9.59 Å². The number of benzene rings is 3. The number of nitrogens with one attached hydrogen (secondary N) is 8. The van der Waals surface area contributed by atoms with Crippen molar-refractivity contribution in [2.75, 3.05) is 97.6 Å². The van der Waals surface area contributed by atoms with Crippen molar-refractivity contribution in [2.45, 2.75) is 198 Å². The summed E-state index contributed by atoms with van der Waals surface area (Å²) in [5, 5.41) is 81.2. The lowest BCUT2D eigenvalue weighted by atomic mass is 9.49. The van der Waals surface area contributed by atoms with E-state index < -0.39 is 132 Å². The number of aromatic hydroxyl groups is 1. The Bertz CT molecular complexity index is 3850. The van der Waals surface area contributed by atoms with Crippen LogP contribution in [0.1, 0.15) is 153 Å². The topological polar surface area (TPSA) is 490 Å². The summed E-state index contributed by atoms with van der Waals surface area (Å²) < 4.78 is 33.6. The molecule has 4 aliphatic carbocycles. The summed E-state index contributed by atoms with van der Waals surface area (Å²) in [6, 6.07) is 13.0. The fraction of sp³-hybridized carbons (Fsp3) is 0.617. The van der Waals surface area contributed by atoms with Gasteiger partial charge in [0.1, 0.15) is 61.2 Å². The van der Waals surface area contributed by atoms with Gasteiger partial charge in [0.15, 0.2) is 0 Å². The number of fused-ring (bicyclic) bond motifs is 6. The fourth-order valence-corrected chi connectivity index (χ4v) is 16.7. The van der Waals surface area contributed by atoms with Gasteiger partial charge in [0, 0.05) is 43.8 Å². The molecule has 114 heavy (non-hydrogen) atoms. The number of nitrogens with zero attached hydrogens (tertiary/aromatic N) is 1. The minimum Gasteiger partial charge on any atom is -0.508 e. The molecule has 0 radical (unpaired) electrons. The minimum absolute atomic E-state index is 0.00123. The number of phenolic OH excluding ortho intramolecular Hbond substituents is 1. The molecule has 33 nitrogen and oxygen atoms in total. The Morgan fingerprint density at radius 1 is 0.588 bits per heavy atom. The van der Waals surface area contributed by atoms with E-state index in [1.165, 1.54) is 23.3 Å². The normalized spacial score (nSPS) is 22.6. The average Bonchev–Trinajstić information content (AvgIpc) is 1.06. The quantitative estimate of drug-likeness (QED) is 0.0285. The molecule has 33 heteroatoms. The van der Waals surface area contributed by atoms with Gasteiger partial charge >= 0.3 is 12.1 Å². The molecule has 2 fully saturated rings. The van der Waals surface area contributed by atoms with E-state index in [-0.39, 0.29) is 157 Å². The number of carbonyl (C=O) groups excluding carboxylic acids is 11. The van der Waals surface area contributed by atoms with Gasteiger partial charge in [-0.15, -0.1) is 0 Å². The average molecular weight is 1600 g/mol. The van der Waals surface area contributed by atoms with Crippen LogP contribution >= 0.6 is 0 Å². The molecule has 0 unspecified atom stereocenters. The maximum Gasteiger partial charge on any atom is 0.407 e. The summed E-state index contributed by atoms with van der Waals surface area (Å²) in [5.41, 5.74) is 8.45. The summed E-state index contributed by atoms with van der Waals surface area (Å²) in [6.45, 7) is 11.5. The molecule has 3 aromatic carbocycles. The lowest BCUT2D eigenvalue weighted by Crippen LogP contribution is -2.60. The van der Waals surface area contributed by atoms with E-state index in [1.54, 1.807) is 44.2 Å². The molecule has 8 rings (SSSR count). The largest absolute Gasteiger partial charge is 0.508 e. The Morgan fingerprint density at radius 3 is 1.74 bits per heavy atom. The number of amides is 12. The van der Waals surface area contributed by atoms with Crippen molar-refractivity contribution in [3.05, 3.63) is 101 Å². The fourth-order valence-electron chi connectivity index (χ4n) is 16.7. The van der Waals surface area contributed by atoms with Gasteiger partial charge in [0.2, 0.25) is 41.4 Å². The van der Waals surface area contributed by atoms with Crippen molar-refractivity contribution in [1.82, 2.24) is 42.1 Å². The predicted molar refractivity (Wildman–Crippen MR) is 413 cm³/mol. The number of primary amides is 1. The molecule has 16 N–H and O–H groups in total. The molecule has 0 spiro atoms. The van der Waals surface area contributed by atoms with Crippen molar-refractivity contribution < 1.29 is 112 Å². The van der Waals surface area contributed by atoms with Crippen molar-refractivity contribution in [3.63, 3.8) is 0 Å². The second kappa shape index (κ2) is 42.4. The van der Waals surface area contributed by atoms with E-state index in [0.29, 0.717) is 24.2 Å². The second-order valence-electron chi connectivity index (χ2n) is 31.4. The summed E-state index contributed by atoms with van der Waals surface area (Å²) in [6.07, 6.45) is 0.982. The Labute approximate surface area is 664 Å². The highest BCUT2D eigenvalue weighted by molar-refractivity contribution is 6.13. The van der Waals surface area contributed by atoms with E-state index >= 15 is 0 Å². The molecule has 12 amide bonds. The first kappa shape index (κ1) is 90.3. The first-order chi connectivity index (χ1) is 54.3. The Balaban J connectivity index is 0.790. The van der Waals surface area contributed by atoms with Crippen LogP contribution in [0.15, 0.2) is 72.8 Å². The Hall–Kier alpha value is -9.19. The lowest BCUT2D eigenvalue weighted by molar-refractivity contribution is -0.150. The number of aryl methyl sites for hydroxylation is 2. The molecule has 0 aromatic heterocycles. The van der Waals surface area contributed by atoms with Crippen LogP contribution in [-0.2, 0) is 97.1 Å². The van der Waals surface area contributed by atoms with Gasteiger partial charge < -0.3 is 102 Å². The molecule has 13 atom stereocenters. The molecule has 2 saturated carbocycles. The molecule has 0 bridgehead atoms. The van der Waals surface area contributed by atoms with E-state index in [9.17, 15) is 78.3 Å². The number of urea groups is 1. The summed E-state index contributed by atoms with van der Waals surface area (Å²) >= 11 is 0. The number of aliphatic hydroxyl groups is 5. The van der Waals surface area contributed by atoms with Crippen molar-refractivity contribution >= 4 is 71.0 Å². The monoisotopic (exact) mass is 1600 g/mol. The molecule has 1 heterocycles. The number of hydrogen-bond donors (Lipinski definition) is 15. The number of anilines is 1. The van der Waals surface area contributed by atoms with Crippen LogP contribution < -0.4 is 53.0 Å². The van der Waals surface area contributed by atoms with E-state index in [1.807, 2.05) is 38.1 Å². The minimum atomic E-state index is -1.98. The number of aliphatic hydroxyl groups excluding tert-OH is 5. The van der Waals surface area contributed by atoms with E-state index in [2.05, 4.69) is 62.4 Å². The lowest BCUT2D eigenvalue weighted by Gasteiger charge is -2.56. The maximum atomic E-state index is 14.8. The molecular formula is C81H116N10O23. The van der Waals surface area contributed by atoms with Gasteiger partial charge in [-0.1, -0.05) is 78.6 Å². The zero-order valence-corrected chi connectivity index (χ0v) is 66.1. The van der Waals surface area contributed by atoms with Crippen LogP contribution in [0.5, 0.6) is 11.5 Å². The maximum absolute atomic E-state index is 14.8. The van der Waals surface area contributed by atoms with Gasteiger partial charge in [0.05, 0.1) is 89.5 Å². The zero-order chi connectivity index (χ0) is 82.9. The SMILES string of the molecule is CC(C)[C@H](NC(=O)[C@@H](CCC(=O)NC[C@@H](O)[C@H](O)[C@@H](O)[C@@H](O)CO)NC(=O)CCOCCOCCOCCOCCN1C(=O)C=CC1=O)C(=O)N[C@@H](CCCNC(N)=O)C(=O)Nc1ccc(COC(=O)NCCOc2ccc3c(c2)[C@@]2(C)CCC[C@](C)(C(=O)NC(=O)[C@@]4(C)CCC[C@]5(C)c6cc(O)ccc6CC[C@@H]45)[C@@H]2CC3)cc1. The van der Waals surface area contributed by atoms with Gasteiger partial charge in [0.25, 0.3) is 11.8 Å². The molecule has 3 aromatic rings. The number of rotatable bonds is 44. The number of alkyl carbamates (subject to hydrolysis) is 1. The molecular weight excluding hydrogens is 1480 g/mol. The van der Waals surface area contributed by atoms with Gasteiger partial charge in [-0.3, -0.25) is 53.4 Å². The van der Waals surface area contributed by atoms with Crippen LogP contribution in [0, 0.1) is 28.6 Å². The summed E-state index contributed by atoms with van der Waals surface area (Å²) in [5.74, 6) is -5.00. The summed E-state index contributed by atoms with van der Waals surface area (Å²) in [7, 11) is 0. The Kier molecular flexibility index (Phi) is 33.6. The van der Waals surface area contributed by atoms with E-state index in [4.69, 9.17) is 39.3 Å². The number of phenols is 1. The molecule has 1 aliphatic heterocycles. The van der Waals surface area contributed by atoms with Crippen LogP contribution in [0.4, 0.5) is 15.3 Å². The number of ether oxygens (including phenoxy) is 6. The van der Waals surface area contributed by atoms with Crippen LogP contribution in [0.3, 0.4) is 0 Å². The summed E-state index contributed by atoms with van der Waals surface area (Å²) in [4.78, 5) is 147. The third-order valence-corrected chi connectivity index (χ3v) is 23.1. The highest BCUT2D eigenvalue weighted by atomic mass is 16.6. The zero-order valence-electron chi connectivity index (χ0n) is 66.1. The van der Waals surface area contributed by atoms with Crippen LogP contribution in [0.25, 0.3) is 0 Å². The van der Waals surface area contributed by atoms with Crippen molar-refractivity contribution in [1.29, 1.82) is 0 Å². The second-order valence-corrected chi connectivity index (χ2v) is 31.4. The van der Waals surface area contributed by atoms with Crippen LogP contribution in [-0.4, -0.2) is 236 Å². The van der Waals surface area contributed by atoms with E-state index in [0.717, 1.165) is 67.4 Å². The third-order valence-electron chi connectivity index (χ3n) is 23.1. The number of imide groups is 2. The third kappa shape index (κ3) is 24.2. The van der Waals surface area contributed by atoms with Crippen LogP contribution in [0.2, 0.25) is 0 Å². The van der Waals surface area contributed by atoms with Gasteiger partial charge in [-0.05, 0) is 163 Å². The first-order valence-electron chi connectivity index (χ1n) is 39.4. The number of carbonyl (C=O) groups is 11. The smallest absolute Gasteiger partial charge is 0.407 e. The standard InChI is InChI=1S/C81H116N10O23/c1-49(2)68(89-72(103)59(21-24-64(96)85-46-60(94)69(100)70(101)61(95)47-92)87-65(97)27-35-109-38-40-111-42-43-112-41-39-110-37-34-91-66(98)25-26-67(91)99)73(104)88-58(10-7-32-83-76(82)107)71(102)86-53-17-11-50(12-18-53)48-114-77(108)84-33-36-113-55-20-14-52-16-23-63-79(4,57(52)45-55)29-9-31-81(63,6)75(106)90-74(105)80(5)30-8-28-78(3)56-44-54(93)19-13-51(56)15-22-62(78)80/h11-14,17-20,25-26,44-45,49,58-63,68-70,92-95,100-101H,7-10,15-16,21-24,27-43,46-48H2,1-6H3,(H,84,108)(H,85,96)(H,86,102)(H,87,97)(H,88,104)(H,89,103)(H3,82,83,107)(H,90,105,106)/t58-,59+,60+,61-,62+,63+,68-,69-,70-,78+,79+,80-,81-/m0/s1. The molecule has 5 aliphatic rings. The number of hydrogen-bond acceptors (Lipinski definition) is 23. The van der Waals surface area contributed by atoms with Gasteiger partial charge in [-0.2, -0.15) is 0 Å². The highest BCUT2D eigenvalue weighted by Crippen LogP contribution is 2.60. The van der Waals surface area contributed by atoms with Crippen molar-refractivity contribution in [2.24, 2.45) is 34.3 Å². The molecule has 0 saturated heterocycles. The predicted octanol–water partition coefficient (Wildman–Crippen LogP) is 2.27. The number of nitrogens with two attached hydrogens (primary N) is 1. The Morgan fingerprint density at radius 2 is 1.15 bits per heavy atom. The first-order valence-corrected chi connectivity index (χ1v) is 39.4. The van der Waals surface area contributed by atoms with Crippen molar-refractivity contribution in [3.8, 4) is 11.5 Å².